The van der Waals surface area contributed by atoms with Gasteiger partial charge in [0.2, 0.25) is 0 Å². The van der Waals surface area contributed by atoms with Crippen molar-refractivity contribution < 1.29 is 4.39 Å². The van der Waals surface area contributed by atoms with Gasteiger partial charge in [-0.1, -0.05) is 33.3 Å². The predicted octanol–water partition coefficient (Wildman–Crippen LogP) is 4.49. The normalized spacial score (nSPS) is 15.3. The molecule has 76 valence electrons. The molecule has 0 fully saturated rings. The lowest BCUT2D eigenvalue weighted by molar-refractivity contribution is 0.613. The zero-order valence-corrected chi connectivity index (χ0v) is 9.61. The van der Waals surface area contributed by atoms with Crippen molar-refractivity contribution in [2.45, 2.75) is 41.5 Å². The number of hydrogen-bond acceptors (Lipinski definition) is 0. The first-order valence-electron chi connectivity index (χ1n) is 4.90. The summed E-state index contributed by atoms with van der Waals surface area (Å²) in [4.78, 5) is 0. The molecule has 13 heavy (non-hydrogen) atoms. The maximum Gasteiger partial charge on any atom is 0.122 e. The van der Waals surface area contributed by atoms with Gasteiger partial charge in [0, 0.05) is 0 Å². The quantitative estimate of drug-likeness (QED) is 0.567. The maximum atomic E-state index is 13.5. The fourth-order valence-corrected chi connectivity index (χ4v) is 0.756. The molecule has 0 aromatic carbocycles. The first-order chi connectivity index (χ1) is 5.86. The SMILES string of the molecule is C/C(=C(F)\C=C(/C)C(C)C)C(C)C. The summed E-state index contributed by atoms with van der Waals surface area (Å²) in [7, 11) is 0. The molecule has 0 rings (SSSR count). The van der Waals surface area contributed by atoms with Crippen molar-refractivity contribution in [1.82, 2.24) is 0 Å². The van der Waals surface area contributed by atoms with Crippen LogP contribution in [0.2, 0.25) is 0 Å². The maximum absolute atomic E-state index is 13.5. The molecule has 0 saturated heterocycles. The van der Waals surface area contributed by atoms with E-state index in [0.29, 0.717) is 5.92 Å². The summed E-state index contributed by atoms with van der Waals surface area (Å²) in [5.74, 6) is 0.642. The third-order valence-electron chi connectivity index (χ3n) is 2.51. The molecule has 0 aromatic rings. The van der Waals surface area contributed by atoms with Crippen LogP contribution in [0.5, 0.6) is 0 Å². The Morgan fingerprint density at radius 2 is 1.46 bits per heavy atom. The predicted molar refractivity (Wildman–Crippen MR) is 57.2 cm³/mol. The van der Waals surface area contributed by atoms with Crippen LogP contribution < -0.4 is 0 Å². The number of rotatable bonds is 3. The Bertz CT molecular complexity index is 219. The van der Waals surface area contributed by atoms with Crippen molar-refractivity contribution in [3.63, 3.8) is 0 Å². The molecule has 0 unspecified atom stereocenters. The zero-order valence-electron chi connectivity index (χ0n) is 9.61. The topological polar surface area (TPSA) is 0 Å². The van der Waals surface area contributed by atoms with Crippen molar-refractivity contribution >= 4 is 0 Å². The van der Waals surface area contributed by atoms with Crippen LogP contribution in [0.15, 0.2) is 23.0 Å². The van der Waals surface area contributed by atoms with Gasteiger partial charge in [-0.3, -0.25) is 0 Å². The summed E-state index contributed by atoms with van der Waals surface area (Å²) in [6.07, 6.45) is 1.65. The fourth-order valence-electron chi connectivity index (χ4n) is 0.756. The van der Waals surface area contributed by atoms with Gasteiger partial charge in [0.1, 0.15) is 5.83 Å². The lowest BCUT2D eigenvalue weighted by Crippen LogP contribution is -1.93. The molecule has 1 heteroatoms. The van der Waals surface area contributed by atoms with Gasteiger partial charge in [-0.25, -0.2) is 4.39 Å². The van der Waals surface area contributed by atoms with Gasteiger partial charge in [0.25, 0.3) is 0 Å². The highest BCUT2D eigenvalue weighted by atomic mass is 19.1. The summed E-state index contributed by atoms with van der Waals surface area (Å²) in [5, 5.41) is 0. The van der Waals surface area contributed by atoms with E-state index in [1.165, 1.54) is 0 Å². The van der Waals surface area contributed by atoms with Gasteiger partial charge in [-0.05, 0) is 37.3 Å². The van der Waals surface area contributed by atoms with Crippen molar-refractivity contribution in [2.24, 2.45) is 11.8 Å². The number of hydrogen-bond donors (Lipinski definition) is 0. The second kappa shape index (κ2) is 5.21. The van der Waals surface area contributed by atoms with Crippen molar-refractivity contribution in [1.29, 1.82) is 0 Å². The first-order valence-corrected chi connectivity index (χ1v) is 4.90. The first kappa shape index (κ1) is 12.4. The minimum absolute atomic E-state index is 0.0683. The van der Waals surface area contributed by atoms with E-state index in [1.807, 2.05) is 27.7 Å². The molecule has 0 amide bonds. The Balaban J connectivity index is 4.71. The van der Waals surface area contributed by atoms with Gasteiger partial charge in [-0.2, -0.15) is 0 Å². The summed E-state index contributed by atoms with van der Waals surface area (Å²) in [6.45, 7) is 12.0. The average molecular weight is 184 g/mol. The van der Waals surface area contributed by atoms with Gasteiger partial charge < -0.3 is 0 Å². The standard InChI is InChI=1S/C12H21F/c1-8(2)10(5)7-12(13)11(6)9(3)4/h7-9H,1-6H3/b10-7+,12-11-. The van der Waals surface area contributed by atoms with Crippen molar-refractivity contribution in [3.8, 4) is 0 Å². The van der Waals surface area contributed by atoms with Crippen LogP contribution in [0, 0.1) is 11.8 Å². The lowest BCUT2D eigenvalue weighted by atomic mass is 10.0. The monoisotopic (exact) mass is 184 g/mol. The van der Waals surface area contributed by atoms with E-state index in [2.05, 4.69) is 13.8 Å². The highest BCUT2D eigenvalue weighted by Gasteiger charge is 2.04. The molecule has 0 radical (unpaired) electrons. The highest BCUT2D eigenvalue weighted by molar-refractivity contribution is 5.23. The van der Waals surface area contributed by atoms with Crippen molar-refractivity contribution in [2.75, 3.05) is 0 Å². The van der Waals surface area contributed by atoms with Crippen LogP contribution in [0.4, 0.5) is 4.39 Å². The average Bonchev–Trinajstić information content (AvgIpc) is 2.02. The van der Waals surface area contributed by atoms with Crippen LogP contribution in [-0.2, 0) is 0 Å². The van der Waals surface area contributed by atoms with Gasteiger partial charge >= 0.3 is 0 Å². The summed E-state index contributed by atoms with van der Waals surface area (Å²) in [5.41, 5.74) is 1.93. The smallest absolute Gasteiger partial charge is 0.122 e. The van der Waals surface area contributed by atoms with Crippen LogP contribution in [0.1, 0.15) is 41.5 Å². The summed E-state index contributed by atoms with van der Waals surface area (Å²) >= 11 is 0. The molecule has 0 saturated carbocycles. The Morgan fingerprint density at radius 3 is 1.77 bits per heavy atom. The summed E-state index contributed by atoms with van der Waals surface area (Å²) in [6, 6.07) is 0. The minimum Gasteiger partial charge on any atom is -0.207 e. The van der Waals surface area contributed by atoms with E-state index < -0.39 is 0 Å². The van der Waals surface area contributed by atoms with E-state index in [4.69, 9.17) is 0 Å². The fraction of sp³-hybridized carbons (Fsp3) is 0.667. The molecule has 0 aromatic heterocycles. The van der Waals surface area contributed by atoms with Crippen LogP contribution in [-0.4, -0.2) is 0 Å². The van der Waals surface area contributed by atoms with Crippen LogP contribution in [0.3, 0.4) is 0 Å². The molecule has 0 aliphatic carbocycles. The molecular formula is C12H21F. The van der Waals surface area contributed by atoms with E-state index in [9.17, 15) is 4.39 Å². The minimum atomic E-state index is -0.0683. The van der Waals surface area contributed by atoms with E-state index >= 15 is 0 Å². The van der Waals surface area contributed by atoms with E-state index in [1.54, 1.807) is 6.08 Å². The van der Waals surface area contributed by atoms with E-state index in [-0.39, 0.29) is 11.7 Å². The van der Waals surface area contributed by atoms with E-state index in [0.717, 1.165) is 11.1 Å². The Morgan fingerprint density at radius 1 is 1.00 bits per heavy atom. The Hall–Kier alpha value is -0.590. The van der Waals surface area contributed by atoms with Crippen LogP contribution in [0.25, 0.3) is 0 Å². The molecule has 0 nitrogen and oxygen atoms in total. The molecule has 0 spiro atoms. The molecule has 0 atom stereocenters. The Labute approximate surface area is 81.5 Å². The molecular weight excluding hydrogens is 163 g/mol. The third kappa shape index (κ3) is 4.25. The second-order valence-corrected chi connectivity index (χ2v) is 4.23. The van der Waals surface area contributed by atoms with Gasteiger partial charge in [-0.15, -0.1) is 0 Å². The van der Waals surface area contributed by atoms with Crippen LogP contribution >= 0.6 is 0 Å². The van der Waals surface area contributed by atoms with Gasteiger partial charge in [0.05, 0.1) is 0 Å². The van der Waals surface area contributed by atoms with Gasteiger partial charge in [0.15, 0.2) is 0 Å². The van der Waals surface area contributed by atoms with Crippen molar-refractivity contribution in [3.05, 3.63) is 23.0 Å². The third-order valence-corrected chi connectivity index (χ3v) is 2.51. The largest absolute Gasteiger partial charge is 0.207 e. The second-order valence-electron chi connectivity index (χ2n) is 4.23. The zero-order chi connectivity index (χ0) is 10.6. The highest BCUT2D eigenvalue weighted by Crippen LogP contribution is 2.19. The Kier molecular flexibility index (Phi) is 4.97. The number of halogens is 1. The molecule has 0 heterocycles. The molecule has 0 aliphatic heterocycles. The summed E-state index contributed by atoms with van der Waals surface area (Å²) < 4.78 is 13.5. The molecule has 0 aliphatic rings. The lowest BCUT2D eigenvalue weighted by Gasteiger charge is -2.08. The number of allylic oxidation sites excluding steroid dienone is 4. The molecule has 0 N–H and O–H groups in total. The molecule has 0 bridgehead atoms.